The van der Waals surface area contributed by atoms with Crippen molar-refractivity contribution in [3.8, 4) is 5.75 Å². The molecule has 3 atom stereocenters. The van der Waals surface area contributed by atoms with Crippen LogP contribution in [0.25, 0.3) is 0 Å². The monoisotopic (exact) mass is 603 g/mol. The molecule has 1 saturated heterocycles. The summed E-state index contributed by atoms with van der Waals surface area (Å²) in [5, 5.41) is 27.0. The van der Waals surface area contributed by atoms with Crippen molar-refractivity contribution in [3.63, 3.8) is 0 Å². The number of nitrogens with zero attached hydrogens (tertiary/aromatic N) is 2. The Morgan fingerprint density at radius 2 is 1.95 bits per heavy atom. The molecule has 2 aromatic rings. The molecule has 1 aromatic carbocycles. The van der Waals surface area contributed by atoms with Crippen LogP contribution in [0.5, 0.6) is 5.75 Å². The SMILES string of the molecule is CC(C)C(NC(=O)CCCSSc1ccccn1)C(=O)NC(Cc1cccc(O)c1)C(=O)N1CCCC(C(=O)O)N1. The molecule has 5 N–H and O–H groups in total. The maximum atomic E-state index is 13.5. The Hall–Kier alpha value is -3.29. The van der Waals surface area contributed by atoms with Gasteiger partial charge >= 0.3 is 5.97 Å². The summed E-state index contributed by atoms with van der Waals surface area (Å²) in [6.07, 6.45) is 3.53. The molecule has 1 aromatic heterocycles. The Kier molecular flexibility index (Phi) is 12.8. The molecule has 3 rings (SSSR count). The van der Waals surface area contributed by atoms with E-state index in [0.717, 1.165) is 10.8 Å². The molecule has 1 aliphatic rings. The maximum Gasteiger partial charge on any atom is 0.322 e. The minimum atomic E-state index is -1.06. The fourth-order valence-electron chi connectivity index (χ4n) is 4.26. The van der Waals surface area contributed by atoms with Crippen LogP contribution < -0.4 is 16.1 Å². The van der Waals surface area contributed by atoms with Gasteiger partial charge in [-0.3, -0.25) is 24.2 Å². The molecule has 1 fully saturated rings. The average Bonchev–Trinajstić information content (AvgIpc) is 2.95. The lowest BCUT2D eigenvalue weighted by Crippen LogP contribution is -2.61. The summed E-state index contributed by atoms with van der Waals surface area (Å²) in [4.78, 5) is 55.4. The van der Waals surface area contributed by atoms with Gasteiger partial charge in [0.25, 0.3) is 5.91 Å². The Bertz CT molecular complexity index is 1190. The van der Waals surface area contributed by atoms with E-state index in [9.17, 15) is 29.4 Å². The van der Waals surface area contributed by atoms with E-state index in [1.165, 1.54) is 17.1 Å². The zero-order chi connectivity index (χ0) is 29.8. The number of hydrogen-bond acceptors (Lipinski definition) is 9. The number of rotatable bonds is 14. The molecule has 0 radical (unpaired) electrons. The van der Waals surface area contributed by atoms with E-state index in [2.05, 4.69) is 21.0 Å². The van der Waals surface area contributed by atoms with Crippen molar-refractivity contribution in [2.45, 2.75) is 69.1 Å². The number of hydrazine groups is 1. The number of phenols is 1. The van der Waals surface area contributed by atoms with Crippen LogP contribution in [-0.2, 0) is 25.6 Å². The van der Waals surface area contributed by atoms with Gasteiger partial charge in [0.1, 0.15) is 28.9 Å². The summed E-state index contributed by atoms with van der Waals surface area (Å²) in [6.45, 7) is 3.90. The molecule has 222 valence electrons. The molecule has 0 spiro atoms. The van der Waals surface area contributed by atoms with E-state index < -0.39 is 35.9 Å². The zero-order valence-corrected chi connectivity index (χ0v) is 24.7. The molecular formula is C28H37N5O6S2. The van der Waals surface area contributed by atoms with Gasteiger partial charge in [-0.25, -0.2) is 10.4 Å². The van der Waals surface area contributed by atoms with Gasteiger partial charge in [-0.2, -0.15) is 0 Å². The minimum Gasteiger partial charge on any atom is -0.508 e. The number of carbonyl (C=O) groups is 4. The number of carbonyl (C=O) groups excluding carboxylic acids is 3. The predicted molar refractivity (Wildman–Crippen MR) is 158 cm³/mol. The molecule has 1 aliphatic heterocycles. The average molecular weight is 604 g/mol. The highest BCUT2D eigenvalue weighted by Gasteiger charge is 2.34. The van der Waals surface area contributed by atoms with Crippen LogP contribution in [0.3, 0.4) is 0 Å². The lowest BCUT2D eigenvalue weighted by Gasteiger charge is -2.35. The van der Waals surface area contributed by atoms with Gasteiger partial charge in [0.2, 0.25) is 11.8 Å². The Balaban J connectivity index is 1.61. The van der Waals surface area contributed by atoms with E-state index >= 15 is 0 Å². The van der Waals surface area contributed by atoms with Gasteiger partial charge in [0.05, 0.1) is 0 Å². The normalized spacial score (nSPS) is 16.6. The van der Waals surface area contributed by atoms with Gasteiger partial charge in [-0.15, -0.1) is 0 Å². The van der Waals surface area contributed by atoms with Crippen molar-refractivity contribution in [1.82, 2.24) is 26.1 Å². The number of carboxylic acids is 1. The smallest absolute Gasteiger partial charge is 0.322 e. The van der Waals surface area contributed by atoms with Crippen molar-refractivity contribution in [2.75, 3.05) is 12.3 Å². The van der Waals surface area contributed by atoms with Crippen molar-refractivity contribution >= 4 is 45.3 Å². The van der Waals surface area contributed by atoms with Gasteiger partial charge in [0, 0.05) is 31.3 Å². The summed E-state index contributed by atoms with van der Waals surface area (Å²) in [5.74, 6) is -1.84. The molecule has 11 nitrogen and oxygen atoms in total. The van der Waals surface area contributed by atoms with E-state index in [1.54, 1.807) is 53.8 Å². The van der Waals surface area contributed by atoms with Crippen LogP contribution in [0.2, 0.25) is 0 Å². The Morgan fingerprint density at radius 1 is 1.15 bits per heavy atom. The molecule has 0 aliphatic carbocycles. The third-order valence-electron chi connectivity index (χ3n) is 6.39. The van der Waals surface area contributed by atoms with Gasteiger partial charge in [-0.05, 0) is 65.8 Å². The molecular weight excluding hydrogens is 566 g/mol. The van der Waals surface area contributed by atoms with Gasteiger partial charge in [-0.1, -0.05) is 42.8 Å². The number of benzene rings is 1. The number of carboxylic acid groups (broad SMARTS) is 1. The number of aromatic hydroxyl groups is 1. The molecule has 3 amide bonds. The second-order valence-electron chi connectivity index (χ2n) is 10.1. The highest BCUT2D eigenvalue weighted by Crippen LogP contribution is 2.29. The number of nitrogens with one attached hydrogen (secondary N) is 3. The number of pyridine rings is 1. The fourth-order valence-corrected chi connectivity index (χ4v) is 6.23. The highest BCUT2D eigenvalue weighted by molar-refractivity contribution is 8.76. The third-order valence-corrected chi connectivity index (χ3v) is 8.75. The molecule has 2 heterocycles. The van der Waals surface area contributed by atoms with Crippen LogP contribution >= 0.6 is 21.6 Å². The number of phenolic OH excluding ortho intramolecular Hbond substituents is 1. The lowest BCUT2D eigenvalue weighted by atomic mass is 10.00. The highest BCUT2D eigenvalue weighted by atomic mass is 33.1. The molecule has 0 saturated carbocycles. The van der Waals surface area contributed by atoms with Crippen LogP contribution in [0.15, 0.2) is 53.7 Å². The van der Waals surface area contributed by atoms with E-state index in [4.69, 9.17) is 0 Å². The summed E-state index contributed by atoms with van der Waals surface area (Å²) in [5.41, 5.74) is 3.35. The summed E-state index contributed by atoms with van der Waals surface area (Å²) >= 11 is 0. The second-order valence-corrected chi connectivity index (χ2v) is 12.5. The Morgan fingerprint density at radius 3 is 2.63 bits per heavy atom. The van der Waals surface area contributed by atoms with E-state index in [-0.39, 0.29) is 37.0 Å². The van der Waals surface area contributed by atoms with Gasteiger partial charge < -0.3 is 20.8 Å². The largest absolute Gasteiger partial charge is 0.508 e. The van der Waals surface area contributed by atoms with E-state index in [1.807, 2.05) is 18.2 Å². The maximum absolute atomic E-state index is 13.5. The van der Waals surface area contributed by atoms with Crippen molar-refractivity contribution < 1.29 is 29.4 Å². The van der Waals surface area contributed by atoms with Crippen LogP contribution in [0.4, 0.5) is 0 Å². The second kappa shape index (κ2) is 16.2. The zero-order valence-electron chi connectivity index (χ0n) is 23.1. The first kappa shape index (κ1) is 32.2. The number of aliphatic carboxylic acids is 1. The number of hydrogen-bond donors (Lipinski definition) is 5. The first-order valence-electron chi connectivity index (χ1n) is 13.5. The standard InChI is InChI=1S/C28H37N5O6S2/c1-18(2)25(31-23(35)11-7-15-40-41-24-12-3-4-13-29-24)26(36)30-22(17-19-8-5-9-20(34)16-19)27(37)33-14-6-10-21(32-33)28(38)39/h3-5,8-9,12-13,16,18,21-22,25,32,34H,6-7,10-11,14-15,17H2,1-2H3,(H,30,36)(H,31,35)(H,38,39). The van der Waals surface area contributed by atoms with Crippen LogP contribution in [-0.4, -0.2) is 74.3 Å². The molecule has 13 heteroatoms. The summed E-state index contributed by atoms with van der Waals surface area (Å²) in [7, 11) is 3.14. The molecule has 0 bridgehead atoms. The summed E-state index contributed by atoms with van der Waals surface area (Å²) < 4.78 is 0. The number of aromatic nitrogens is 1. The first-order valence-corrected chi connectivity index (χ1v) is 15.8. The fraction of sp³-hybridized carbons (Fsp3) is 0.464. The van der Waals surface area contributed by atoms with Crippen molar-refractivity contribution in [3.05, 3.63) is 54.2 Å². The van der Waals surface area contributed by atoms with Crippen LogP contribution in [0.1, 0.15) is 45.1 Å². The van der Waals surface area contributed by atoms with E-state index in [0.29, 0.717) is 24.8 Å². The lowest BCUT2D eigenvalue weighted by molar-refractivity contribution is -0.148. The van der Waals surface area contributed by atoms with Crippen molar-refractivity contribution in [1.29, 1.82) is 0 Å². The number of amides is 3. The topological polar surface area (TPSA) is 161 Å². The minimum absolute atomic E-state index is 0.0194. The molecule has 3 unspecified atom stereocenters. The third kappa shape index (κ3) is 10.6. The molecule has 41 heavy (non-hydrogen) atoms. The first-order chi connectivity index (χ1) is 19.6. The quantitative estimate of drug-likeness (QED) is 0.160. The summed E-state index contributed by atoms with van der Waals surface area (Å²) in [6, 6.07) is 9.21. The van der Waals surface area contributed by atoms with Crippen LogP contribution in [0, 0.1) is 5.92 Å². The Labute approximate surface area is 247 Å². The van der Waals surface area contributed by atoms with Gasteiger partial charge in [0.15, 0.2) is 0 Å². The van der Waals surface area contributed by atoms with Crippen molar-refractivity contribution in [2.24, 2.45) is 5.92 Å². The predicted octanol–water partition coefficient (Wildman–Crippen LogP) is 2.76.